The van der Waals surface area contributed by atoms with Crippen molar-refractivity contribution in [3.05, 3.63) is 35.0 Å². The molecule has 4 rings (SSSR count). The van der Waals surface area contributed by atoms with E-state index in [-0.39, 0.29) is 11.9 Å². The van der Waals surface area contributed by atoms with E-state index < -0.39 is 0 Å². The highest BCUT2D eigenvalue weighted by Crippen LogP contribution is 2.27. The van der Waals surface area contributed by atoms with Gasteiger partial charge in [0.25, 0.3) is 0 Å². The number of nitrogens with zero attached hydrogens (tertiary/aromatic N) is 5. The molecule has 0 radical (unpaired) electrons. The van der Waals surface area contributed by atoms with E-state index in [1.165, 1.54) is 11.5 Å². The highest BCUT2D eigenvalue weighted by atomic mass is 32.1. The number of nitrogens with one attached hydrogen (secondary N) is 1. The molecule has 1 aromatic carbocycles. The number of aromatic amines is 1. The molecule has 136 valence electrons. The summed E-state index contributed by atoms with van der Waals surface area (Å²) in [6.07, 6.45) is 1.79. The van der Waals surface area contributed by atoms with Crippen LogP contribution < -0.4 is 4.90 Å². The number of aromatic nitrogens is 4. The molecule has 1 fully saturated rings. The average Bonchev–Trinajstić information content (AvgIpc) is 3.26. The minimum Gasteiger partial charge on any atom is -0.310 e. The summed E-state index contributed by atoms with van der Waals surface area (Å²) < 4.78 is 4.10. The molecule has 1 N–H and O–H groups in total. The number of piperazine rings is 1. The Hall–Kier alpha value is -2.32. The maximum absolute atomic E-state index is 12.8. The van der Waals surface area contributed by atoms with E-state index >= 15 is 0 Å². The summed E-state index contributed by atoms with van der Waals surface area (Å²) >= 11 is 1.44. The van der Waals surface area contributed by atoms with Crippen molar-refractivity contribution in [1.82, 2.24) is 24.7 Å². The standard InChI is InChI=1S/C18H22N6OS/c1-11(2)18-16(26-22-21-18)9-23-10-17(25)24(8-12(23)3)14-5-4-13-7-19-20-15(13)6-14/h4-7,11-12H,8-10H2,1-3H3,(H,19,20)/t12-/m1/s1. The largest absolute Gasteiger partial charge is 0.310 e. The quantitative estimate of drug-likeness (QED) is 0.764. The lowest BCUT2D eigenvalue weighted by Gasteiger charge is -2.39. The first kappa shape index (κ1) is 17.1. The van der Waals surface area contributed by atoms with Crippen LogP contribution in [0.2, 0.25) is 0 Å². The first-order valence-electron chi connectivity index (χ1n) is 8.81. The molecule has 3 aromatic rings. The normalized spacial score (nSPS) is 19.0. The summed E-state index contributed by atoms with van der Waals surface area (Å²) in [6.45, 7) is 8.21. The third kappa shape index (κ3) is 3.10. The first-order chi connectivity index (χ1) is 12.5. The lowest BCUT2D eigenvalue weighted by atomic mass is 10.1. The predicted molar refractivity (Wildman–Crippen MR) is 102 cm³/mol. The molecule has 1 aliphatic heterocycles. The first-order valence-corrected chi connectivity index (χ1v) is 9.59. The van der Waals surface area contributed by atoms with Crippen LogP contribution in [0.15, 0.2) is 24.4 Å². The third-order valence-electron chi connectivity index (χ3n) is 4.93. The number of rotatable bonds is 4. The minimum atomic E-state index is 0.116. The van der Waals surface area contributed by atoms with Gasteiger partial charge in [0.05, 0.1) is 28.8 Å². The van der Waals surface area contributed by atoms with Crippen molar-refractivity contribution in [3.63, 3.8) is 0 Å². The fourth-order valence-electron chi connectivity index (χ4n) is 3.40. The monoisotopic (exact) mass is 370 g/mol. The SMILES string of the molecule is CC(C)c1nnsc1CN1CC(=O)N(c2ccc3cn[nH]c3c2)C[C@H]1C. The second kappa shape index (κ2) is 6.77. The van der Waals surface area contributed by atoms with E-state index in [1.807, 2.05) is 23.1 Å². The number of carbonyl (C=O) groups is 1. The molecule has 26 heavy (non-hydrogen) atoms. The Morgan fingerprint density at radius 1 is 1.38 bits per heavy atom. The van der Waals surface area contributed by atoms with E-state index in [2.05, 4.69) is 45.5 Å². The van der Waals surface area contributed by atoms with Gasteiger partial charge in [-0.2, -0.15) is 5.10 Å². The van der Waals surface area contributed by atoms with Crippen molar-refractivity contribution < 1.29 is 4.79 Å². The maximum Gasteiger partial charge on any atom is 0.241 e. The van der Waals surface area contributed by atoms with Crippen molar-refractivity contribution in [1.29, 1.82) is 0 Å². The van der Waals surface area contributed by atoms with Gasteiger partial charge in [-0.05, 0) is 42.6 Å². The number of H-pyrrole nitrogens is 1. The van der Waals surface area contributed by atoms with Gasteiger partial charge >= 0.3 is 0 Å². The molecular weight excluding hydrogens is 348 g/mol. The van der Waals surface area contributed by atoms with Crippen molar-refractivity contribution in [3.8, 4) is 0 Å². The van der Waals surface area contributed by atoms with Gasteiger partial charge in [-0.15, -0.1) is 5.10 Å². The molecule has 3 heterocycles. The van der Waals surface area contributed by atoms with E-state index in [0.29, 0.717) is 19.0 Å². The van der Waals surface area contributed by atoms with Gasteiger partial charge in [0.1, 0.15) is 0 Å². The number of anilines is 1. The number of benzene rings is 1. The zero-order chi connectivity index (χ0) is 18.3. The van der Waals surface area contributed by atoms with Crippen LogP contribution in [0.5, 0.6) is 0 Å². The number of carbonyl (C=O) groups excluding carboxylic acids is 1. The molecule has 1 atom stereocenters. The van der Waals surface area contributed by atoms with Gasteiger partial charge in [0.2, 0.25) is 5.91 Å². The molecule has 8 heteroatoms. The van der Waals surface area contributed by atoms with Crippen LogP contribution in [-0.4, -0.2) is 49.7 Å². The van der Waals surface area contributed by atoms with Crippen molar-refractivity contribution >= 4 is 34.0 Å². The molecule has 0 saturated carbocycles. The van der Waals surface area contributed by atoms with Crippen molar-refractivity contribution in [2.24, 2.45) is 0 Å². The van der Waals surface area contributed by atoms with Crippen LogP contribution in [0, 0.1) is 0 Å². The molecule has 0 bridgehead atoms. The zero-order valence-corrected chi connectivity index (χ0v) is 16.0. The molecule has 0 aliphatic carbocycles. The summed E-state index contributed by atoms with van der Waals surface area (Å²) in [7, 11) is 0. The highest BCUT2D eigenvalue weighted by Gasteiger charge is 2.31. The van der Waals surface area contributed by atoms with Crippen LogP contribution in [0.4, 0.5) is 5.69 Å². The summed E-state index contributed by atoms with van der Waals surface area (Å²) in [6, 6.07) is 6.23. The van der Waals surface area contributed by atoms with Crippen LogP contribution in [-0.2, 0) is 11.3 Å². The van der Waals surface area contributed by atoms with Crippen LogP contribution in [0.3, 0.4) is 0 Å². The summed E-state index contributed by atoms with van der Waals surface area (Å²) in [5.41, 5.74) is 2.91. The summed E-state index contributed by atoms with van der Waals surface area (Å²) in [5.74, 6) is 0.461. The number of fused-ring (bicyclic) bond motifs is 1. The number of hydrogen-bond donors (Lipinski definition) is 1. The van der Waals surface area contributed by atoms with Gasteiger partial charge in [0, 0.05) is 30.2 Å². The Morgan fingerprint density at radius 2 is 2.23 bits per heavy atom. The zero-order valence-electron chi connectivity index (χ0n) is 15.1. The van der Waals surface area contributed by atoms with E-state index in [9.17, 15) is 4.79 Å². The number of hydrogen-bond acceptors (Lipinski definition) is 6. The topological polar surface area (TPSA) is 78.0 Å². The second-order valence-corrected chi connectivity index (χ2v) is 7.97. The van der Waals surface area contributed by atoms with Crippen molar-refractivity contribution in [2.75, 3.05) is 18.0 Å². The van der Waals surface area contributed by atoms with E-state index in [4.69, 9.17) is 0 Å². The van der Waals surface area contributed by atoms with Crippen molar-refractivity contribution in [2.45, 2.75) is 39.3 Å². The Balaban J connectivity index is 1.52. The van der Waals surface area contributed by atoms with Gasteiger partial charge < -0.3 is 4.90 Å². The van der Waals surface area contributed by atoms with Gasteiger partial charge in [0.15, 0.2) is 0 Å². The Kier molecular flexibility index (Phi) is 4.46. The van der Waals surface area contributed by atoms with Gasteiger partial charge in [-0.25, -0.2) is 0 Å². The lowest BCUT2D eigenvalue weighted by Crippen LogP contribution is -2.54. The number of amides is 1. The minimum absolute atomic E-state index is 0.116. The average molecular weight is 370 g/mol. The van der Waals surface area contributed by atoms with Gasteiger partial charge in [-0.3, -0.25) is 14.8 Å². The fraction of sp³-hybridized carbons (Fsp3) is 0.444. The van der Waals surface area contributed by atoms with Gasteiger partial charge in [-0.1, -0.05) is 18.3 Å². The highest BCUT2D eigenvalue weighted by molar-refractivity contribution is 7.05. The molecule has 7 nitrogen and oxygen atoms in total. The summed E-state index contributed by atoms with van der Waals surface area (Å²) in [4.78, 5) is 18.0. The second-order valence-electron chi connectivity index (χ2n) is 7.14. The van der Waals surface area contributed by atoms with E-state index in [1.54, 1.807) is 6.20 Å². The fourth-order valence-corrected chi connectivity index (χ4v) is 4.22. The van der Waals surface area contributed by atoms with Crippen LogP contribution in [0.1, 0.15) is 37.3 Å². The Labute approximate surface area is 156 Å². The predicted octanol–water partition coefficient (Wildman–Crippen LogP) is 2.78. The molecule has 0 spiro atoms. The summed E-state index contributed by atoms with van der Waals surface area (Å²) in [5, 5.41) is 12.3. The smallest absolute Gasteiger partial charge is 0.241 e. The third-order valence-corrected chi connectivity index (χ3v) is 5.65. The Bertz CT molecular complexity index is 933. The molecular formula is C18H22N6OS. The van der Waals surface area contributed by atoms with E-state index in [0.717, 1.165) is 33.7 Å². The Morgan fingerprint density at radius 3 is 3.04 bits per heavy atom. The van der Waals surface area contributed by atoms with Crippen LogP contribution >= 0.6 is 11.5 Å². The lowest BCUT2D eigenvalue weighted by molar-refractivity contribution is -0.122. The van der Waals surface area contributed by atoms with Crippen LogP contribution in [0.25, 0.3) is 10.9 Å². The molecule has 0 unspecified atom stereocenters. The molecule has 1 amide bonds. The molecule has 1 saturated heterocycles. The molecule has 1 aliphatic rings. The molecule has 2 aromatic heterocycles. The maximum atomic E-state index is 12.8.